The van der Waals surface area contributed by atoms with Crippen molar-refractivity contribution in [2.45, 2.75) is 32.7 Å². The molecule has 0 fully saturated rings. The number of halogens is 1. The predicted octanol–water partition coefficient (Wildman–Crippen LogP) is 1.54. The predicted molar refractivity (Wildman–Crippen MR) is 75.6 cm³/mol. The minimum absolute atomic E-state index is 0. The van der Waals surface area contributed by atoms with Crippen LogP contribution >= 0.6 is 12.4 Å². The average Bonchev–Trinajstić information content (AvgIpc) is 2.28. The molecule has 0 bridgehead atoms. The Hall–Kier alpha value is -1.13. The second-order valence-electron chi connectivity index (χ2n) is 4.67. The first kappa shape index (κ1) is 16.9. The van der Waals surface area contributed by atoms with Crippen molar-refractivity contribution < 1.29 is 4.79 Å². The van der Waals surface area contributed by atoms with Gasteiger partial charge in [-0.05, 0) is 24.0 Å². The van der Waals surface area contributed by atoms with Gasteiger partial charge in [0, 0.05) is 25.0 Å². The molecule has 3 N–H and O–H groups in total. The number of nitrogens with two attached hydrogens (primary N) is 1. The first-order chi connectivity index (χ1) is 8.11. The molecule has 0 aliphatic carbocycles. The summed E-state index contributed by atoms with van der Waals surface area (Å²) in [5.41, 5.74) is 6.56. The zero-order valence-corrected chi connectivity index (χ0v) is 11.7. The van der Waals surface area contributed by atoms with Gasteiger partial charge in [-0.15, -0.1) is 12.4 Å². The third-order valence-corrected chi connectivity index (χ3v) is 2.49. The number of carbonyl (C=O) groups excluding carboxylic acids is 1. The molecule has 1 rings (SSSR count). The van der Waals surface area contributed by atoms with Crippen LogP contribution in [0.2, 0.25) is 0 Å². The highest BCUT2D eigenvalue weighted by Gasteiger charge is 2.12. The largest absolute Gasteiger partial charge is 0.352 e. The number of aromatic nitrogens is 1. The second kappa shape index (κ2) is 8.89. The van der Waals surface area contributed by atoms with Gasteiger partial charge in [-0.25, -0.2) is 0 Å². The lowest BCUT2D eigenvalue weighted by Gasteiger charge is -2.18. The number of carbonyl (C=O) groups is 1. The van der Waals surface area contributed by atoms with Crippen LogP contribution in [0, 0.1) is 5.92 Å². The van der Waals surface area contributed by atoms with Crippen LogP contribution in [0.1, 0.15) is 25.8 Å². The molecule has 0 saturated heterocycles. The Morgan fingerprint density at radius 1 is 1.50 bits per heavy atom. The lowest BCUT2D eigenvalue weighted by molar-refractivity contribution is -0.121. The van der Waals surface area contributed by atoms with Gasteiger partial charge in [0.05, 0.1) is 6.42 Å². The van der Waals surface area contributed by atoms with Crippen LogP contribution in [0.4, 0.5) is 0 Å². The monoisotopic (exact) mass is 271 g/mol. The van der Waals surface area contributed by atoms with Crippen molar-refractivity contribution in [1.29, 1.82) is 0 Å². The van der Waals surface area contributed by atoms with Crippen molar-refractivity contribution in [2.75, 3.05) is 6.54 Å². The Kier molecular flexibility index (Phi) is 8.33. The third-order valence-electron chi connectivity index (χ3n) is 2.49. The van der Waals surface area contributed by atoms with Crippen LogP contribution in [-0.4, -0.2) is 23.5 Å². The number of hydrogen-bond donors (Lipinski definition) is 2. The lowest BCUT2D eigenvalue weighted by Crippen LogP contribution is -2.41. The summed E-state index contributed by atoms with van der Waals surface area (Å²) in [5, 5.41) is 2.95. The first-order valence-corrected chi connectivity index (χ1v) is 6.00. The molecule has 1 amide bonds. The Bertz CT molecular complexity index is 343. The standard InChI is InChI=1S/C13H21N3O.ClH/c1-10(2)6-12(8-14)16-13(17)7-11-4-3-5-15-9-11;/h3-5,9-10,12H,6-8,14H2,1-2H3,(H,16,17);1H. The van der Waals surface area contributed by atoms with Gasteiger partial charge >= 0.3 is 0 Å². The fraction of sp³-hybridized carbons (Fsp3) is 0.538. The Labute approximate surface area is 115 Å². The molecule has 0 aliphatic heterocycles. The molecule has 1 unspecified atom stereocenters. The lowest BCUT2D eigenvalue weighted by atomic mass is 10.0. The maximum absolute atomic E-state index is 11.8. The molecular formula is C13H22ClN3O. The van der Waals surface area contributed by atoms with E-state index in [1.165, 1.54) is 0 Å². The summed E-state index contributed by atoms with van der Waals surface area (Å²) in [7, 11) is 0. The molecule has 4 nitrogen and oxygen atoms in total. The van der Waals surface area contributed by atoms with Crippen molar-refractivity contribution in [3.8, 4) is 0 Å². The van der Waals surface area contributed by atoms with Gasteiger partial charge in [0.25, 0.3) is 0 Å². The minimum atomic E-state index is 0. The van der Waals surface area contributed by atoms with E-state index < -0.39 is 0 Å². The van der Waals surface area contributed by atoms with E-state index in [2.05, 4.69) is 24.1 Å². The molecule has 1 aromatic heterocycles. The normalized spacial score (nSPS) is 11.8. The molecule has 102 valence electrons. The minimum Gasteiger partial charge on any atom is -0.352 e. The molecule has 0 spiro atoms. The molecule has 1 aromatic rings. The Morgan fingerprint density at radius 2 is 2.22 bits per heavy atom. The topological polar surface area (TPSA) is 68.0 Å². The van der Waals surface area contributed by atoms with Gasteiger partial charge in [0.15, 0.2) is 0 Å². The smallest absolute Gasteiger partial charge is 0.224 e. The fourth-order valence-electron chi connectivity index (χ4n) is 1.75. The number of pyridine rings is 1. The molecule has 0 aliphatic rings. The first-order valence-electron chi connectivity index (χ1n) is 6.00. The fourth-order valence-corrected chi connectivity index (χ4v) is 1.75. The van der Waals surface area contributed by atoms with E-state index in [9.17, 15) is 4.79 Å². The highest BCUT2D eigenvalue weighted by atomic mass is 35.5. The van der Waals surface area contributed by atoms with Crippen LogP contribution in [0.3, 0.4) is 0 Å². The van der Waals surface area contributed by atoms with Gasteiger partial charge < -0.3 is 11.1 Å². The van der Waals surface area contributed by atoms with Crippen LogP contribution in [-0.2, 0) is 11.2 Å². The van der Waals surface area contributed by atoms with Crippen molar-refractivity contribution in [3.05, 3.63) is 30.1 Å². The molecule has 1 atom stereocenters. The maximum atomic E-state index is 11.8. The molecule has 1 heterocycles. The molecule has 5 heteroatoms. The summed E-state index contributed by atoms with van der Waals surface area (Å²) in [6.45, 7) is 4.73. The SMILES string of the molecule is CC(C)CC(CN)NC(=O)Cc1cccnc1.Cl. The van der Waals surface area contributed by atoms with E-state index in [1.807, 2.05) is 12.1 Å². The van der Waals surface area contributed by atoms with Gasteiger partial charge in [-0.3, -0.25) is 9.78 Å². The number of amides is 1. The van der Waals surface area contributed by atoms with Crippen molar-refractivity contribution in [2.24, 2.45) is 11.7 Å². The highest BCUT2D eigenvalue weighted by molar-refractivity contribution is 5.85. The third kappa shape index (κ3) is 6.57. The van der Waals surface area contributed by atoms with E-state index in [4.69, 9.17) is 5.73 Å². The summed E-state index contributed by atoms with van der Waals surface area (Å²) in [4.78, 5) is 15.7. The number of nitrogens with one attached hydrogen (secondary N) is 1. The van der Waals surface area contributed by atoms with Crippen LogP contribution in [0.25, 0.3) is 0 Å². The zero-order valence-electron chi connectivity index (χ0n) is 10.9. The van der Waals surface area contributed by atoms with Crippen molar-refractivity contribution in [3.63, 3.8) is 0 Å². The quantitative estimate of drug-likeness (QED) is 0.825. The molecule has 0 radical (unpaired) electrons. The average molecular weight is 272 g/mol. The van der Waals surface area contributed by atoms with Gasteiger partial charge in [-0.1, -0.05) is 19.9 Å². The van der Waals surface area contributed by atoms with Crippen LogP contribution < -0.4 is 11.1 Å². The van der Waals surface area contributed by atoms with E-state index in [1.54, 1.807) is 12.4 Å². The van der Waals surface area contributed by atoms with E-state index in [-0.39, 0.29) is 24.4 Å². The molecular weight excluding hydrogens is 250 g/mol. The summed E-state index contributed by atoms with van der Waals surface area (Å²) < 4.78 is 0. The summed E-state index contributed by atoms with van der Waals surface area (Å²) in [6, 6.07) is 3.79. The number of rotatable bonds is 6. The number of nitrogens with zero attached hydrogens (tertiary/aromatic N) is 1. The van der Waals surface area contributed by atoms with E-state index in [0.29, 0.717) is 18.9 Å². The van der Waals surface area contributed by atoms with Gasteiger partial charge in [0.2, 0.25) is 5.91 Å². The van der Waals surface area contributed by atoms with E-state index >= 15 is 0 Å². The molecule has 18 heavy (non-hydrogen) atoms. The zero-order chi connectivity index (χ0) is 12.7. The summed E-state index contributed by atoms with van der Waals surface area (Å²) in [5.74, 6) is 0.538. The second-order valence-corrected chi connectivity index (χ2v) is 4.67. The highest BCUT2D eigenvalue weighted by Crippen LogP contribution is 2.04. The summed E-state index contributed by atoms with van der Waals surface area (Å²) in [6.07, 6.45) is 4.68. The maximum Gasteiger partial charge on any atom is 0.224 e. The molecule has 0 saturated carbocycles. The van der Waals surface area contributed by atoms with Gasteiger partial charge in [-0.2, -0.15) is 0 Å². The van der Waals surface area contributed by atoms with E-state index in [0.717, 1.165) is 12.0 Å². The van der Waals surface area contributed by atoms with Gasteiger partial charge in [0.1, 0.15) is 0 Å². The van der Waals surface area contributed by atoms with Crippen LogP contribution in [0.5, 0.6) is 0 Å². The Morgan fingerprint density at radius 3 is 2.72 bits per heavy atom. The van der Waals surface area contributed by atoms with Crippen LogP contribution in [0.15, 0.2) is 24.5 Å². The molecule has 0 aromatic carbocycles. The Balaban J connectivity index is 0.00000289. The van der Waals surface area contributed by atoms with Crippen molar-refractivity contribution >= 4 is 18.3 Å². The number of hydrogen-bond acceptors (Lipinski definition) is 3. The summed E-state index contributed by atoms with van der Waals surface area (Å²) >= 11 is 0. The van der Waals surface area contributed by atoms with Crippen molar-refractivity contribution in [1.82, 2.24) is 10.3 Å².